The lowest BCUT2D eigenvalue weighted by Crippen LogP contribution is -2.26. The van der Waals surface area contributed by atoms with Crippen molar-refractivity contribution >= 4 is 33.2 Å². The van der Waals surface area contributed by atoms with Gasteiger partial charge >= 0.3 is 0 Å². The first-order chi connectivity index (χ1) is 14.3. The third kappa shape index (κ3) is 4.99. The van der Waals surface area contributed by atoms with Crippen molar-refractivity contribution in [2.75, 3.05) is 19.5 Å². The normalized spacial score (nSPS) is 11.3. The molecule has 0 spiro atoms. The van der Waals surface area contributed by atoms with Crippen LogP contribution in [-0.4, -0.2) is 32.8 Å². The predicted molar refractivity (Wildman–Crippen MR) is 117 cm³/mol. The topological polar surface area (TPSA) is 75.7 Å². The highest BCUT2D eigenvalue weighted by Gasteiger charge is 2.23. The summed E-state index contributed by atoms with van der Waals surface area (Å²) < 4.78 is 32.6. The Hall–Kier alpha value is -2.87. The number of nitrogens with one attached hydrogen (secondary N) is 1. The van der Waals surface area contributed by atoms with Crippen LogP contribution >= 0.6 is 11.6 Å². The molecule has 1 amide bonds. The number of hydrogen-bond acceptors (Lipinski definition) is 4. The molecule has 8 heteroatoms. The van der Waals surface area contributed by atoms with E-state index in [1.54, 1.807) is 24.3 Å². The molecule has 0 aliphatic rings. The van der Waals surface area contributed by atoms with Gasteiger partial charge in [0.15, 0.2) is 0 Å². The number of methoxy groups -OCH3 is 1. The SMILES string of the molecule is COc1ccc(S(=O)(=O)N(C)Cc2ccccc2)cc1NC(=O)c1ccc(Cl)cc1. The molecule has 3 rings (SSSR count). The van der Waals surface area contributed by atoms with Gasteiger partial charge in [-0.2, -0.15) is 4.31 Å². The summed E-state index contributed by atoms with van der Waals surface area (Å²) in [5.41, 5.74) is 1.51. The fraction of sp³-hybridized carbons (Fsp3) is 0.136. The Morgan fingerprint density at radius 3 is 2.33 bits per heavy atom. The fourth-order valence-electron chi connectivity index (χ4n) is 2.85. The second kappa shape index (κ2) is 9.30. The number of sulfonamides is 1. The molecule has 0 aliphatic carbocycles. The highest BCUT2D eigenvalue weighted by atomic mass is 35.5. The van der Waals surface area contributed by atoms with Gasteiger partial charge in [-0.05, 0) is 48.0 Å². The largest absolute Gasteiger partial charge is 0.495 e. The van der Waals surface area contributed by atoms with Crippen LogP contribution in [0.25, 0.3) is 0 Å². The zero-order chi connectivity index (χ0) is 21.7. The zero-order valence-corrected chi connectivity index (χ0v) is 18.1. The number of amides is 1. The Kier molecular flexibility index (Phi) is 6.77. The molecule has 3 aromatic carbocycles. The highest BCUT2D eigenvalue weighted by Crippen LogP contribution is 2.29. The van der Waals surface area contributed by atoms with Crippen molar-refractivity contribution in [3.05, 3.63) is 88.9 Å². The molecule has 0 aromatic heterocycles. The molecule has 3 aromatic rings. The number of hydrogen-bond donors (Lipinski definition) is 1. The molecule has 0 heterocycles. The fourth-order valence-corrected chi connectivity index (χ4v) is 4.16. The molecule has 0 aliphatic heterocycles. The van der Waals surface area contributed by atoms with Crippen LogP contribution in [0, 0.1) is 0 Å². The summed E-state index contributed by atoms with van der Waals surface area (Å²) in [6.45, 7) is 0.224. The van der Waals surface area contributed by atoms with Crippen LogP contribution in [0.4, 0.5) is 5.69 Å². The molecule has 0 bridgehead atoms. The average molecular weight is 445 g/mol. The van der Waals surface area contributed by atoms with Crippen LogP contribution in [0.5, 0.6) is 5.75 Å². The average Bonchev–Trinajstić information content (AvgIpc) is 2.74. The Morgan fingerprint density at radius 1 is 1.03 bits per heavy atom. The number of nitrogens with zero attached hydrogens (tertiary/aromatic N) is 1. The Labute approximate surface area is 181 Å². The van der Waals surface area contributed by atoms with E-state index in [2.05, 4.69) is 5.32 Å². The Morgan fingerprint density at radius 2 is 1.70 bits per heavy atom. The third-order valence-electron chi connectivity index (χ3n) is 4.48. The number of halogens is 1. The molecular weight excluding hydrogens is 424 g/mol. The lowest BCUT2D eigenvalue weighted by atomic mass is 10.2. The smallest absolute Gasteiger partial charge is 0.255 e. The van der Waals surface area contributed by atoms with Gasteiger partial charge in [-0.3, -0.25) is 4.79 Å². The number of anilines is 1. The van der Waals surface area contributed by atoms with Gasteiger partial charge in [-0.25, -0.2) is 8.42 Å². The van der Waals surface area contributed by atoms with Crippen molar-refractivity contribution in [1.29, 1.82) is 0 Å². The van der Waals surface area contributed by atoms with Gasteiger partial charge in [0.25, 0.3) is 5.91 Å². The van der Waals surface area contributed by atoms with Gasteiger partial charge in [0.1, 0.15) is 5.75 Å². The number of carbonyl (C=O) groups is 1. The number of carbonyl (C=O) groups excluding carboxylic acids is 1. The summed E-state index contributed by atoms with van der Waals surface area (Å²) in [5, 5.41) is 3.22. The second-order valence-electron chi connectivity index (χ2n) is 6.57. The summed E-state index contributed by atoms with van der Waals surface area (Å²) in [6, 6.07) is 20.0. The lowest BCUT2D eigenvalue weighted by molar-refractivity contribution is 0.102. The standard InChI is InChI=1S/C22H21ClN2O4S/c1-25(15-16-6-4-3-5-7-16)30(27,28)19-12-13-21(29-2)20(14-19)24-22(26)17-8-10-18(23)11-9-17/h3-14H,15H2,1-2H3,(H,24,26). The highest BCUT2D eigenvalue weighted by molar-refractivity contribution is 7.89. The van der Waals surface area contributed by atoms with E-state index in [4.69, 9.17) is 16.3 Å². The zero-order valence-electron chi connectivity index (χ0n) is 16.5. The Balaban J connectivity index is 1.87. The minimum absolute atomic E-state index is 0.0492. The lowest BCUT2D eigenvalue weighted by Gasteiger charge is -2.19. The molecule has 0 unspecified atom stereocenters. The van der Waals surface area contributed by atoms with Crippen LogP contribution < -0.4 is 10.1 Å². The maximum Gasteiger partial charge on any atom is 0.255 e. The molecule has 0 fully saturated rings. The molecule has 1 N–H and O–H groups in total. The van der Waals surface area contributed by atoms with Crippen LogP contribution in [-0.2, 0) is 16.6 Å². The predicted octanol–water partition coefficient (Wildman–Crippen LogP) is 4.42. The summed E-state index contributed by atoms with van der Waals surface area (Å²) >= 11 is 5.86. The number of rotatable bonds is 7. The molecule has 0 saturated heterocycles. The second-order valence-corrected chi connectivity index (χ2v) is 9.05. The quantitative estimate of drug-likeness (QED) is 0.585. The number of ether oxygens (including phenoxy) is 1. The van der Waals surface area contributed by atoms with Gasteiger partial charge in [-0.1, -0.05) is 41.9 Å². The van der Waals surface area contributed by atoms with E-state index in [9.17, 15) is 13.2 Å². The molecule has 0 radical (unpaired) electrons. The molecule has 0 saturated carbocycles. The minimum atomic E-state index is -3.78. The maximum absolute atomic E-state index is 13.0. The van der Waals surface area contributed by atoms with Gasteiger partial charge in [-0.15, -0.1) is 0 Å². The van der Waals surface area contributed by atoms with E-state index in [-0.39, 0.29) is 17.1 Å². The van der Waals surface area contributed by atoms with Crippen molar-refractivity contribution in [2.45, 2.75) is 11.4 Å². The number of benzene rings is 3. The van der Waals surface area contributed by atoms with E-state index in [1.165, 1.54) is 36.7 Å². The first-order valence-electron chi connectivity index (χ1n) is 9.06. The van der Waals surface area contributed by atoms with Crippen LogP contribution in [0.1, 0.15) is 15.9 Å². The van der Waals surface area contributed by atoms with E-state index in [0.29, 0.717) is 16.3 Å². The van der Waals surface area contributed by atoms with Crippen molar-refractivity contribution in [3.63, 3.8) is 0 Å². The summed E-state index contributed by atoms with van der Waals surface area (Å²) in [5.74, 6) is -0.0564. The van der Waals surface area contributed by atoms with Crippen molar-refractivity contribution < 1.29 is 17.9 Å². The molecule has 0 atom stereocenters. The molecule has 30 heavy (non-hydrogen) atoms. The summed E-state index contributed by atoms with van der Waals surface area (Å²) in [6.07, 6.45) is 0. The van der Waals surface area contributed by atoms with Crippen LogP contribution in [0.15, 0.2) is 77.7 Å². The van der Waals surface area contributed by atoms with Gasteiger partial charge in [0.05, 0.1) is 17.7 Å². The summed E-state index contributed by atoms with van der Waals surface area (Å²) in [4.78, 5) is 12.6. The van der Waals surface area contributed by atoms with Crippen molar-refractivity contribution in [2.24, 2.45) is 0 Å². The van der Waals surface area contributed by atoms with E-state index < -0.39 is 15.9 Å². The van der Waals surface area contributed by atoms with Gasteiger partial charge in [0, 0.05) is 24.2 Å². The minimum Gasteiger partial charge on any atom is -0.495 e. The van der Waals surface area contributed by atoms with Crippen LogP contribution in [0.2, 0.25) is 5.02 Å². The van der Waals surface area contributed by atoms with Gasteiger partial charge < -0.3 is 10.1 Å². The van der Waals surface area contributed by atoms with E-state index >= 15 is 0 Å². The summed E-state index contributed by atoms with van der Waals surface area (Å²) in [7, 11) is -0.822. The molecular formula is C22H21ClN2O4S. The monoisotopic (exact) mass is 444 g/mol. The Bertz CT molecular complexity index is 1130. The molecule has 6 nitrogen and oxygen atoms in total. The van der Waals surface area contributed by atoms with E-state index in [0.717, 1.165) is 5.56 Å². The first-order valence-corrected chi connectivity index (χ1v) is 10.9. The maximum atomic E-state index is 13.0. The third-order valence-corrected chi connectivity index (χ3v) is 6.53. The van der Waals surface area contributed by atoms with Crippen LogP contribution in [0.3, 0.4) is 0 Å². The first kappa shape index (κ1) is 21.8. The van der Waals surface area contributed by atoms with E-state index in [1.807, 2.05) is 30.3 Å². The van der Waals surface area contributed by atoms with Crippen molar-refractivity contribution in [1.82, 2.24) is 4.31 Å². The van der Waals surface area contributed by atoms with Gasteiger partial charge in [0.2, 0.25) is 10.0 Å². The van der Waals surface area contributed by atoms with Crippen molar-refractivity contribution in [3.8, 4) is 5.75 Å². The molecule has 156 valence electrons.